The van der Waals surface area contributed by atoms with Crippen LogP contribution in [0.4, 0.5) is 0 Å². The maximum Gasteiger partial charge on any atom is 2.00 e. The van der Waals surface area contributed by atoms with Crippen LogP contribution >= 0.6 is 0 Å². The third-order valence-electron chi connectivity index (χ3n) is 0.111. The topological polar surface area (TPSA) is 80.3 Å². The average molecular weight is 152 g/mol. The molecule has 7 heavy (non-hydrogen) atoms. The molecule has 0 heterocycles. The fourth-order valence-corrected chi connectivity index (χ4v) is 0. The second-order valence-electron chi connectivity index (χ2n) is 0.408. The third kappa shape index (κ3) is 6.99. The van der Waals surface area contributed by atoms with E-state index in [1.54, 1.807) is 0 Å². The molecule has 0 aromatic rings. The molecule has 0 saturated heterocycles. The quantitative estimate of drug-likeness (QED) is 0.254. The first-order valence-electron chi connectivity index (χ1n) is 0.833. The average Bonchev–Trinajstić information content (AvgIpc) is 1.36. The Hall–Kier alpha value is 0.986. The van der Waals surface area contributed by atoms with Crippen molar-refractivity contribution in [2.75, 3.05) is 0 Å². The van der Waals surface area contributed by atoms with E-state index < -0.39 is 20.2 Å². The van der Waals surface area contributed by atoms with Crippen molar-refractivity contribution in [3.05, 3.63) is 0 Å². The molecule has 0 spiro atoms. The van der Waals surface area contributed by atoms with E-state index >= 15 is 0 Å². The molecule has 0 fully saturated rings. The van der Waals surface area contributed by atoms with Gasteiger partial charge in [0.2, 0.25) is 0 Å². The normalized spacial score (nSPS) is 16.9. The maximum atomic E-state index is 9.09. The van der Waals surface area contributed by atoms with Crippen LogP contribution in [0.5, 0.6) is 0 Å². The Morgan fingerprint density at radius 2 is 1.14 bits per heavy atom. The summed E-state index contributed by atoms with van der Waals surface area (Å²) in [6, 6.07) is 0. The van der Waals surface area contributed by atoms with Gasteiger partial charge in [0.25, 0.3) is 0 Å². The van der Waals surface area contributed by atoms with Crippen molar-refractivity contribution < 1.29 is 17.5 Å². The molecule has 0 rings (SSSR count). The van der Waals surface area contributed by atoms with Crippen molar-refractivity contribution in [1.82, 2.24) is 0 Å². The molecule has 0 aliphatic carbocycles. The molecule has 0 N–H and O–H groups in total. The smallest absolute Gasteiger partial charge is 0.763 e. The van der Waals surface area contributed by atoms with Gasteiger partial charge in [-0.2, -0.15) is 0 Å². The predicted octanol–water partition coefficient (Wildman–Crippen LogP) is -1.72. The Labute approximate surface area is 60.8 Å². The van der Waals surface area contributed by atoms with Gasteiger partial charge < -0.3 is 9.11 Å². The second-order valence-corrected chi connectivity index (χ2v) is 2.86. The van der Waals surface area contributed by atoms with Gasteiger partial charge in [-0.1, -0.05) is 0 Å². The molecule has 0 aliphatic heterocycles. The van der Waals surface area contributed by atoms with Crippen LogP contribution in [0.15, 0.2) is 0 Å². The Balaban J connectivity index is 0. The van der Waals surface area contributed by atoms with Crippen LogP contribution in [0.1, 0.15) is 0 Å². The van der Waals surface area contributed by atoms with E-state index in [2.05, 4.69) is 0 Å². The Kier molecular flexibility index (Phi) is 7.97. The van der Waals surface area contributed by atoms with Crippen molar-refractivity contribution in [3.63, 3.8) is 0 Å². The molecule has 7 heteroatoms. The van der Waals surface area contributed by atoms with Gasteiger partial charge in [0.15, 0.2) is 0 Å². The minimum absolute atomic E-state index is 0. The van der Waals surface area contributed by atoms with E-state index in [1.807, 2.05) is 0 Å². The zero-order valence-electron chi connectivity index (χ0n) is 3.16. The van der Waals surface area contributed by atoms with Gasteiger partial charge in [0, 0.05) is 20.2 Å². The molecule has 4 nitrogen and oxygen atoms in total. The van der Waals surface area contributed by atoms with Crippen molar-refractivity contribution in [2.24, 2.45) is 0 Å². The molecular formula is MgO4S2. The fourth-order valence-electron chi connectivity index (χ4n) is 0. The number of rotatable bonds is 1. The van der Waals surface area contributed by atoms with E-state index in [-0.39, 0.29) is 23.1 Å². The SMILES string of the molecule is O=S([O-])S(=O)[O-].[Mg+2]. The minimum Gasteiger partial charge on any atom is -0.763 e. The zero-order valence-corrected chi connectivity index (χ0v) is 6.20. The molecule has 38 valence electrons. The molecule has 0 amide bonds. The van der Waals surface area contributed by atoms with Gasteiger partial charge in [0.1, 0.15) is 0 Å². The van der Waals surface area contributed by atoms with Crippen molar-refractivity contribution in [3.8, 4) is 0 Å². The van der Waals surface area contributed by atoms with E-state index in [1.165, 1.54) is 0 Å². The van der Waals surface area contributed by atoms with Gasteiger partial charge in [-0.05, 0) is 0 Å². The summed E-state index contributed by atoms with van der Waals surface area (Å²) in [7, 11) is -5.90. The Morgan fingerprint density at radius 3 is 1.14 bits per heavy atom. The van der Waals surface area contributed by atoms with Crippen LogP contribution < -0.4 is 0 Å². The fraction of sp³-hybridized carbons (Fsp3) is 0. The van der Waals surface area contributed by atoms with Crippen molar-refractivity contribution in [1.29, 1.82) is 0 Å². The van der Waals surface area contributed by atoms with Crippen LogP contribution in [-0.4, -0.2) is 40.6 Å². The number of hydrogen-bond donors (Lipinski definition) is 0. The summed E-state index contributed by atoms with van der Waals surface area (Å²) in [6.07, 6.45) is 0. The molecule has 2 unspecified atom stereocenters. The van der Waals surface area contributed by atoms with Gasteiger partial charge in [-0.15, -0.1) is 0 Å². The summed E-state index contributed by atoms with van der Waals surface area (Å²) in [6.45, 7) is 0. The van der Waals surface area contributed by atoms with Gasteiger partial charge in [0.05, 0.1) is 0 Å². The summed E-state index contributed by atoms with van der Waals surface area (Å²) < 4.78 is 36.3. The maximum absolute atomic E-state index is 9.09. The first-order valence-corrected chi connectivity index (χ1v) is 3.50. The van der Waals surface area contributed by atoms with Crippen LogP contribution in [0, 0.1) is 0 Å². The second kappa shape index (κ2) is 5.13. The van der Waals surface area contributed by atoms with Crippen molar-refractivity contribution in [2.45, 2.75) is 0 Å². The van der Waals surface area contributed by atoms with Crippen LogP contribution in [0.3, 0.4) is 0 Å². The largest absolute Gasteiger partial charge is 2.00 e. The van der Waals surface area contributed by atoms with Gasteiger partial charge in [-0.3, -0.25) is 8.42 Å². The molecule has 0 bridgehead atoms. The third-order valence-corrected chi connectivity index (χ3v) is 1.00. The summed E-state index contributed by atoms with van der Waals surface area (Å²) in [5.41, 5.74) is 0. The van der Waals surface area contributed by atoms with Crippen LogP contribution in [0.25, 0.3) is 0 Å². The molecule has 0 aromatic heterocycles. The van der Waals surface area contributed by atoms with E-state index in [0.717, 1.165) is 0 Å². The zero-order chi connectivity index (χ0) is 5.15. The number of hydrogen-bond acceptors (Lipinski definition) is 4. The van der Waals surface area contributed by atoms with E-state index in [0.29, 0.717) is 0 Å². The van der Waals surface area contributed by atoms with Crippen LogP contribution in [-0.2, 0) is 20.2 Å². The minimum atomic E-state index is -2.95. The monoisotopic (exact) mass is 152 g/mol. The van der Waals surface area contributed by atoms with Crippen LogP contribution in [0.2, 0.25) is 0 Å². The molecule has 0 saturated carbocycles. The van der Waals surface area contributed by atoms with Gasteiger partial charge >= 0.3 is 23.1 Å². The first-order chi connectivity index (χ1) is 2.64. The standard InChI is InChI=1S/Mg.H2O4S2/c;1-5(2)6(3)4/h;(H,1,2)(H,3,4)/q+2;/p-2. The molecule has 2 atom stereocenters. The Morgan fingerprint density at radius 1 is 1.00 bits per heavy atom. The molecular weight excluding hydrogens is 152 g/mol. The van der Waals surface area contributed by atoms with E-state index in [4.69, 9.17) is 17.5 Å². The van der Waals surface area contributed by atoms with Gasteiger partial charge in [-0.25, -0.2) is 0 Å². The summed E-state index contributed by atoms with van der Waals surface area (Å²) in [5, 5.41) is 0. The first kappa shape index (κ1) is 10.9. The molecule has 0 radical (unpaired) electrons. The summed E-state index contributed by atoms with van der Waals surface area (Å²) in [5.74, 6) is 0. The summed E-state index contributed by atoms with van der Waals surface area (Å²) in [4.78, 5) is 0. The predicted molar refractivity (Wildman–Crippen MR) is 23.6 cm³/mol. The summed E-state index contributed by atoms with van der Waals surface area (Å²) >= 11 is 0. The van der Waals surface area contributed by atoms with E-state index in [9.17, 15) is 0 Å². The van der Waals surface area contributed by atoms with Crippen molar-refractivity contribution >= 4 is 43.3 Å². The molecule has 0 aliphatic rings. The Bertz CT molecular complexity index is 75.7. The molecule has 0 aromatic carbocycles.